The first-order valence-electron chi connectivity index (χ1n) is 7.25. The molecule has 0 amide bonds. The Labute approximate surface area is 121 Å². The van der Waals surface area contributed by atoms with Crippen molar-refractivity contribution < 1.29 is 9.13 Å². The summed E-state index contributed by atoms with van der Waals surface area (Å²) in [7, 11) is 1.68. The summed E-state index contributed by atoms with van der Waals surface area (Å²) in [5, 5.41) is 3.30. The Morgan fingerprint density at radius 3 is 2.85 bits per heavy atom. The van der Waals surface area contributed by atoms with Crippen molar-refractivity contribution in [1.29, 1.82) is 0 Å². The second-order valence-electron chi connectivity index (χ2n) is 6.25. The van der Waals surface area contributed by atoms with Gasteiger partial charge >= 0.3 is 0 Å². The SMILES string of the molecule is COCCNCc1cccc(F)c1N1CCC(C)(C)C1. The van der Waals surface area contributed by atoms with Crippen molar-refractivity contribution >= 4 is 5.69 Å². The molecule has 0 spiro atoms. The number of rotatable bonds is 6. The maximum atomic E-state index is 14.2. The second-order valence-corrected chi connectivity index (χ2v) is 6.25. The summed E-state index contributed by atoms with van der Waals surface area (Å²) in [6.07, 6.45) is 1.11. The van der Waals surface area contributed by atoms with Crippen LogP contribution in [0.3, 0.4) is 0 Å². The third-order valence-corrected chi connectivity index (χ3v) is 3.86. The van der Waals surface area contributed by atoms with E-state index in [1.807, 2.05) is 6.07 Å². The van der Waals surface area contributed by atoms with Gasteiger partial charge in [-0.25, -0.2) is 4.39 Å². The molecular weight excluding hydrogens is 255 g/mol. The Balaban J connectivity index is 2.10. The van der Waals surface area contributed by atoms with Crippen molar-refractivity contribution in [3.05, 3.63) is 29.6 Å². The van der Waals surface area contributed by atoms with Gasteiger partial charge in [-0.3, -0.25) is 0 Å². The predicted octanol–water partition coefficient (Wildman–Crippen LogP) is 2.80. The number of benzene rings is 1. The Kier molecular flexibility index (Phi) is 5.00. The van der Waals surface area contributed by atoms with Crippen molar-refractivity contribution in [3.63, 3.8) is 0 Å². The number of halogens is 1. The molecule has 1 aliphatic rings. The summed E-state index contributed by atoms with van der Waals surface area (Å²) in [4.78, 5) is 2.18. The van der Waals surface area contributed by atoms with E-state index in [0.717, 1.165) is 37.3 Å². The molecular formula is C16H25FN2O. The average molecular weight is 280 g/mol. The third kappa shape index (κ3) is 3.70. The van der Waals surface area contributed by atoms with Crippen LogP contribution in [0.15, 0.2) is 18.2 Å². The van der Waals surface area contributed by atoms with Crippen molar-refractivity contribution in [3.8, 4) is 0 Å². The van der Waals surface area contributed by atoms with E-state index in [2.05, 4.69) is 24.1 Å². The lowest BCUT2D eigenvalue weighted by Crippen LogP contribution is -2.26. The maximum absolute atomic E-state index is 14.2. The fraction of sp³-hybridized carbons (Fsp3) is 0.625. The van der Waals surface area contributed by atoms with Crippen LogP contribution in [0.1, 0.15) is 25.8 Å². The molecule has 112 valence electrons. The van der Waals surface area contributed by atoms with Gasteiger partial charge in [0.15, 0.2) is 0 Å². The van der Waals surface area contributed by atoms with Crippen LogP contribution in [0.5, 0.6) is 0 Å². The van der Waals surface area contributed by atoms with Crippen molar-refractivity contribution in [2.45, 2.75) is 26.8 Å². The van der Waals surface area contributed by atoms with Crippen LogP contribution in [0, 0.1) is 11.2 Å². The summed E-state index contributed by atoms with van der Waals surface area (Å²) in [6, 6.07) is 5.34. The molecule has 1 saturated heterocycles. The van der Waals surface area contributed by atoms with E-state index in [4.69, 9.17) is 4.74 Å². The maximum Gasteiger partial charge on any atom is 0.146 e. The molecule has 1 aromatic carbocycles. The number of nitrogens with zero attached hydrogens (tertiary/aromatic N) is 1. The quantitative estimate of drug-likeness (QED) is 0.811. The molecule has 0 saturated carbocycles. The third-order valence-electron chi connectivity index (χ3n) is 3.86. The molecule has 0 bridgehead atoms. The molecule has 1 fully saturated rings. The number of hydrogen-bond acceptors (Lipinski definition) is 3. The Bertz CT molecular complexity index is 448. The highest BCUT2D eigenvalue weighted by atomic mass is 19.1. The minimum atomic E-state index is -0.117. The van der Waals surface area contributed by atoms with Gasteiger partial charge in [0.05, 0.1) is 12.3 Å². The first-order valence-corrected chi connectivity index (χ1v) is 7.25. The number of anilines is 1. The van der Waals surface area contributed by atoms with Gasteiger partial charge in [0, 0.05) is 33.3 Å². The van der Waals surface area contributed by atoms with Gasteiger partial charge in [0.1, 0.15) is 5.82 Å². The van der Waals surface area contributed by atoms with Crippen LogP contribution in [0.2, 0.25) is 0 Å². The number of nitrogens with one attached hydrogen (secondary N) is 1. The highest BCUT2D eigenvalue weighted by Crippen LogP contribution is 2.35. The second kappa shape index (κ2) is 6.55. The molecule has 0 unspecified atom stereocenters. The van der Waals surface area contributed by atoms with Crippen LogP contribution in [0.25, 0.3) is 0 Å². The smallest absolute Gasteiger partial charge is 0.146 e. The summed E-state index contributed by atoms with van der Waals surface area (Å²) >= 11 is 0. The lowest BCUT2D eigenvalue weighted by molar-refractivity contribution is 0.199. The van der Waals surface area contributed by atoms with Crippen LogP contribution in [0.4, 0.5) is 10.1 Å². The van der Waals surface area contributed by atoms with Crippen LogP contribution < -0.4 is 10.2 Å². The van der Waals surface area contributed by atoms with E-state index in [-0.39, 0.29) is 11.2 Å². The standard InChI is InChI=1S/C16H25FN2O/c1-16(2)7-9-19(12-16)15-13(5-4-6-14(15)17)11-18-8-10-20-3/h4-6,18H,7-12H2,1-3H3. The number of methoxy groups -OCH3 is 1. The summed E-state index contributed by atoms with van der Waals surface area (Å²) in [5.41, 5.74) is 2.06. The zero-order valence-electron chi connectivity index (χ0n) is 12.7. The van der Waals surface area contributed by atoms with Gasteiger partial charge < -0.3 is 15.0 Å². The molecule has 2 rings (SSSR count). The molecule has 20 heavy (non-hydrogen) atoms. The van der Waals surface area contributed by atoms with E-state index in [0.29, 0.717) is 13.2 Å². The number of hydrogen-bond donors (Lipinski definition) is 1. The summed E-state index contributed by atoms with van der Waals surface area (Å²) in [5.74, 6) is -0.117. The van der Waals surface area contributed by atoms with Gasteiger partial charge in [0.2, 0.25) is 0 Å². The lowest BCUT2D eigenvalue weighted by atomic mass is 9.93. The molecule has 1 N–H and O–H groups in total. The zero-order valence-corrected chi connectivity index (χ0v) is 12.7. The first kappa shape index (κ1) is 15.3. The van der Waals surface area contributed by atoms with Gasteiger partial charge in [-0.2, -0.15) is 0 Å². The predicted molar refractivity (Wildman–Crippen MR) is 80.6 cm³/mol. The van der Waals surface area contributed by atoms with E-state index < -0.39 is 0 Å². The fourth-order valence-corrected chi connectivity index (χ4v) is 2.76. The van der Waals surface area contributed by atoms with E-state index >= 15 is 0 Å². The van der Waals surface area contributed by atoms with E-state index in [1.165, 1.54) is 0 Å². The molecule has 4 heteroatoms. The Hall–Kier alpha value is -1.13. The normalized spacial score (nSPS) is 17.7. The van der Waals surface area contributed by atoms with Crippen molar-refractivity contribution in [2.24, 2.45) is 5.41 Å². The summed E-state index contributed by atoms with van der Waals surface area (Å²) in [6.45, 7) is 8.44. The molecule has 0 radical (unpaired) electrons. The monoisotopic (exact) mass is 280 g/mol. The average Bonchev–Trinajstić information content (AvgIpc) is 2.75. The fourth-order valence-electron chi connectivity index (χ4n) is 2.76. The highest BCUT2D eigenvalue weighted by Gasteiger charge is 2.31. The minimum absolute atomic E-state index is 0.117. The van der Waals surface area contributed by atoms with E-state index in [9.17, 15) is 4.39 Å². The number of para-hydroxylation sites is 1. The van der Waals surface area contributed by atoms with Crippen molar-refractivity contribution in [2.75, 3.05) is 38.3 Å². The van der Waals surface area contributed by atoms with Crippen molar-refractivity contribution in [1.82, 2.24) is 5.32 Å². The lowest BCUT2D eigenvalue weighted by Gasteiger charge is -2.25. The molecule has 1 aliphatic heterocycles. The van der Waals surface area contributed by atoms with Gasteiger partial charge in [-0.05, 0) is 23.5 Å². The highest BCUT2D eigenvalue weighted by molar-refractivity contribution is 5.56. The largest absolute Gasteiger partial charge is 0.383 e. The molecule has 0 atom stereocenters. The van der Waals surface area contributed by atoms with Crippen LogP contribution in [-0.2, 0) is 11.3 Å². The van der Waals surface area contributed by atoms with Gasteiger partial charge in [0.25, 0.3) is 0 Å². The molecule has 1 heterocycles. The van der Waals surface area contributed by atoms with E-state index in [1.54, 1.807) is 19.2 Å². The minimum Gasteiger partial charge on any atom is -0.383 e. The van der Waals surface area contributed by atoms with Crippen LogP contribution >= 0.6 is 0 Å². The number of ether oxygens (including phenoxy) is 1. The van der Waals surface area contributed by atoms with Gasteiger partial charge in [-0.1, -0.05) is 26.0 Å². The van der Waals surface area contributed by atoms with Crippen LogP contribution in [-0.4, -0.2) is 33.4 Å². The zero-order chi connectivity index (χ0) is 14.6. The molecule has 0 aliphatic carbocycles. The molecule has 3 nitrogen and oxygen atoms in total. The van der Waals surface area contributed by atoms with Gasteiger partial charge in [-0.15, -0.1) is 0 Å². The Morgan fingerprint density at radius 1 is 1.40 bits per heavy atom. The molecule has 0 aromatic heterocycles. The Morgan fingerprint density at radius 2 is 2.20 bits per heavy atom. The molecule has 1 aromatic rings. The summed E-state index contributed by atoms with van der Waals surface area (Å²) < 4.78 is 19.2. The first-order chi connectivity index (χ1) is 9.53. The topological polar surface area (TPSA) is 24.5 Å².